The third kappa shape index (κ3) is 3.66. The molecule has 0 N–H and O–H groups in total. The van der Waals surface area contributed by atoms with Crippen molar-refractivity contribution in [1.82, 2.24) is 4.98 Å². The van der Waals surface area contributed by atoms with Crippen molar-refractivity contribution in [3.05, 3.63) is 89.9 Å². The number of methoxy groups -OCH3 is 1. The van der Waals surface area contributed by atoms with Crippen molar-refractivity contribution in [1.29, 1.82) is 0 Å². The van der Waals surface area contributed by atoms with Crippen LogP contribution in [0.5, 0.6) is 17.2 Å². The molecule has 28 heavy (non-hydrogen) atoms. The largest absolute Gasteiger partial charge is 0.487 e. The molecule has 0 saturated heterocycles. The Hall–Kier alpha value is -3.80. The van der Waals surface area contributed by atoms with E-state index in [1.807, 2.05) is 36.4 Å². The minimum absolute atomic E-state index is 0.299. The van der Waals surface area contributed by atoms with Gasteiger partial charge in [0.2, 0.25) is 0 Å². The summed E-state index contributed by atoms with van der Waals surface area (Å²) in [5, 5.41) is 0. The Morgan fingerprint density at radius 2 is 1.93 bits per heavy atom. The maximum Gasteiger partial charge on any atom is 0.341 e. The minimum atomic E-state index is -0.490. The molecule has 4 rings (SSSR count). The summed E-state index contributed by atoms with van der Waals surface area (Å²) < 4.78 is 22.1. The molecule has 0 unspecified atom stereocenters. The molecule has 2 aromatic carbocycles. The maximum atomic E-state index is 11.9. The summed E-state index contributed by atoms with van der Waals surface area (Å²) in [5.74, 6) is 1.33. The number of rotatable bonds is 5. The summed E-state index contributed by atoms with van der Waals surface area (Å²) in [6.45, 7) is 0.438. The summed E-state index contributed by atoms with van der Waals surface area (Å²) in [7, 11) is 1.32. The highest BCUT2D eigenvalue weighted by Crippen LogP contribution is 2.38. The Bertz CT molecular complexity index is 1030. The molecule has 0 fully saturated rings. The van der Waals surface area contributed by atoms with E-state index in [1.165, 1.54) is 13.4 Å². The fraction of sp³-hybridized carbons (Fsp3) is 0.0909. The first-order valence-corrected chi connectivity index (χ1v) is 8.63. The van der Waals surface area contributed by atoms with Crippen molar-refractivity contribution in [2.45, 2.75) is 6.61 Å². The van der Waals surface area contributed by atoms with Crippen LogP contribution in [-0.4, -0.2) is 18.1 Å². The van der Waals surface area contributed by atoms with Gasteiger partial charge < -0.3 is 18.9 Å². The molecule has 3 aromatic rings. The van der Waals surface area contributed by atoms with E-state index < -0.39 is 5.97 Å². The molecule has 0 radical (unpaired) electrons. The molecule has 140 valence electrons. The van der Waals surface area contributed by atoms with Gasteiger partial charge in [-0.2, -0.15) is 0 Å². The van der Waals surface area contributed by atoms with Gasteiger partial charge in [-0.05, 0) is 23.8 Å². The van der Waals surface area contributed by atoms with Crippen molar-refractivity contribution >= 4 is 11.7 Å². The molecule has 1 aromatic heterocycles. The predicted molar refractivity (Wildman–Crippen MR) is 102 cm³/mol. The average molecular weight is 375 g/mol. The van der Waals surface area contributed by atoms with Gasteiger partial charge in [-0.25, -0.2) is 4.79 Å². The highest BCUT2D eigenvalue weighted by Gasteiger charge is 2.23. The van der Waals surface area contributed by atoms with Crippen LogP contribution in [0, 0.1) is 0 Å². The zero-order valence-electron chi connectivity index (χ0n) is 15.1. The summed E-state index contributed by atoms with van der Waals surface area (Å²) in [5.41, 5.74) is 2.06. The van der Waals surface area contributed by atoms with Crippen molar-refractivity contribution < 1.29 is 23.7 Å². The van der Waals surface area contributed by atoms with Gasteiger partial charge in [-0.1, -0.05) is 36.4 Å². The number of pyridine rings is 1. The second kappa shape index (κ2) is 7.84. The van der Waals surface area contributed by atoms with Crippen LogP contribution < -0.4 is 14.2 Å². The second-order valence-corrected chi connectivity index (χ2v) is 6.01. The second-order valence-electron chi connectivity index (χ2n) is 6.01. The summed E-state index contributed by atoms with van der Waals surface area (Å²) in [4.78, 5) is 16.1. The van der Waals surface area contributed by atoms with E-state index in [0.29, 0.717) is 40.7 Å². The van der Waals surface area contributed by atoms with Gasteiger partial charge in [0.15, 0.2) is 17.3 Å². The number of carbonyl (C=O) groups excluding carboxylic acids is 1. The molecule has 6 nitrogen and oxygen atoms in total. The molecule has 1 aliphatic rings. The number of esters is 1. The van der Waals surface area contributed by atoms with E-state index in [0.717, 1.165) is 5.56 Å². The topological polar surface area (TPSA) is 66.9 Å². The Morgan fingerprint density at radius 1 is 1.07 bits per heavy atom. The zero-order valence-corrected chi connectivity index (χ0v) is 15.1. The predicted octanol–water partition coefficient (Wildman–Crippen LogP) is 4.22. The minimum Gasteiger partial charge on any atom is -0.487 e. The molecule has 2 heterocycles. The van der Waals surface area contributed by atoms with Crippen LogP contribution in [0.4, 0.5) is 0 Å². The first-order chi connectivity index (χ1) is 13.7. The van der Waals surface area contributed by atoms with Crippen molar-refractivity contribution in [3.8, 4) is 17.2 Å². The zero-order chi connectivity index (χ0) is 19.3. The summed E-state index contributed by atoms with van der Waals surface area (Å²) in [6.07, 6.45) is 4.73. The number of hydrogen-bond acceptors (Lipinski definition) is 6. The van der Waals surface area contributed by atoms with Gasteiger partial charge in [0.1, 0.15) is 24.2 Å². The van der Waals surface area contributed by atoms with Crippen LogP contribution in [0.2, 0.25) is 0 Å². The number of fused-ring (bicyclic) bond motifs is 1. The molecule has 6 heteroatoms. The molecule has 0 saturated carbocycles. The highest BCUT2D eigenvalue weighted by molar-refractivity contribution is 5.94. The van der Waals surface area contributed by atoms with Crippen LogP contribution in [0.25, 0.3) is 5.76 Å². The number of para-hydroxylation sites is 1. The normalized spacial score (nSPS) is 12.1. The van der Waals surface area contributed by atoms with Crippen LogP contribution in [0.3, 0.4) is 0 Å². The summed E-state index contributed by atoms with van der Waals surface area (Å²) >= 11 is 0. The number of nitrogens with zero attached hydrogens (tertiary/aromatic N) is 1. The average Bonchev–Trinajstić information content (AvgIpc) is 2.77. The van der Waals surface area contributed by atoms with Crippen molar-refractivity contribution in [2.75, 3.05) is 7.11 Å². The SMILES string of the molecule is COC(=O)c1cccc2c1OC=C(c1cncc(OCc3ccccc3)c1)O2. The highest BCUT2D eigenvalue weighted by atomic mass is 16.6. The van der Waals surface area contributed by atoms with E-state index in [9.17, 15) is 4.79 Å². The smallest absolute Gasteiger partial charge is 0.341 e. The maximum absolute atomic E-state index is 11.9. The third-order valence-corrected chi connectivity index (χ3v) is 4.13. The van der Waals surface area contributed by atoms with Crippen LogP contribution in [0.15, 0.2) is 73.3 Å². The molecule has 0 aliphatic carbocycles. The number of benzene rings is 2. The standard InChI is InChI=1S/C22H17NO5/c1-25-22(24)18-8-5-9-19-21(18)27-14-20(28-19)16-10-17(12-23-11-16)26-13-15-6-3-2-4-7-15/h2-12,14H,13H2,1H3. The quantitative estimate of drug-likeness (QED) is 0.622. The number of aromatic nitrogens is 1. The number of ether oxygens (including phenoxy) is 4. The Balaban J connectivity index is 1.52. The van der Waals surface area contributed by atoms with Crippen molar-refractivity contribution in [2.24, 2.45) is 0 Å². The third-order valence-electron chi connectivity index (χ3n) is 4.13. The van der Waals surface area contributed by atoms with E-state index in [-0.39, 0.29) is 0 Å². The van der Waals surface area contributed by atoms with Gasteiger partial charge in [0.25, 0.3) is 0 Å². The van der Waals surface area contributed by atoms with Gasteiger partial charge in [-0.15, -0.1) is 0 Å². The van der Waals surface area contributed by atoms with Gasteiger partial charge in [0, 0.05) is 11.8 Å². The van der Waals surface area contributed by atoms with E-state index in [2.05, 4.69) is 4.98 Å². The monoisotopic (exact) mass is 375 g/mol. The van der Waals surface area contributed by atoms with Crippen LogP contribution >= 0.6 is 0 Å². The molecule has 0 atom stereocenters. The van der Waals surface area contributed by atoms with E-state index in [1.54, 1.807) is 30.6 Å². The van der Waals surface area contributed by atoms with Gasteiger partial charge in [0.05, 0.1) is 13.3 Å². The molecule has 0 amide bonds. The fourth-order valence-corrected chi connectivity index (χ4v) is 2.74. The van der Waals surface area contributed by atoms with Crippen LogP contribution in [0.1, 0.15) is 21.5 Å². The molecular weight excluding hydrogens is 358 g/mol. The molecule has 0 spiro atoms. The van der Waals surface area contributed by atoms with E-state index in [4.69, 9.17) is 18.9 Å². The Morgan fingerprint density at radius 3 is 2.75 bits per heavy atom. The molecule has 1 aliphatic heterocycles. The fourth-order valence-electron chi connectivity index (χ4n) is 2.74. The van der Waals surface area contributed by atoms with Gasteiger partial charge >= 0.3 is 5.97 Å². The lowest BCUT2D eigenvalue weighted by Gasteiger charge is -2.20. The summed E-state index contributed by atoms with van der Waals surface area (Å²) in [6, 6.07) is 16.7. The Labute approximate surface area is 162 Å². The number of carbonyl (C=O) groups is 1. The number of hydrogen-bond donors (Lipinski definition) is 0. The molecule has 0 bridgehead atoms. The lowest BCUT2D eigenvalue weighted by Crippen LogP contribution is -2.10. The Kier molecular flexibility index (Phi) is 4.93. The van der Waals surface area contributed by atoms with E-state index >= 15 is 0 Å². The van der Waals surface area contributed by atoms with Crippen LogP contribution in [-0.2, 0) is 11.3 Å². The molecular formula is C22H17NO5. The van der Waals surface area contributed by atoms with Crippen molar-refractivity contribution in [3.63, 3.8) is 0 Å². The first kappa shape index (κ1) is 17.6. The lowest BCUT2D eigenvalue weighted by atomic mass is 10.1. The lowest BCUT2D eigenvalue weighted by molar-refractivity contribution is 0.0597. The first-order valence-electron chi connectivity index (χ1n) is 8.63. The van der Waals surface area contributed by atoms with Gasteiger partial charge in [-0.3, -0.25) is 4.98 Å².